The number of nitrogens with one attached hydrogen (secondary N) is 1. The summed E-state index contributed by atoms with van der Waals surface area (Å²) >= 11 is 0. The molecule has 0 heterocycles. The van der Waals surface area contributed by atoms with Crippen LogP contribution in [-0.4, -0.2) is 38.1 Å². The van der Waals surface area contributed by atoms with E-state index in [1.165, 1.54) is 6.42 Å². The summed E-state index contributed by atoms with van der Waals surface area (Å²) in [6.45, 7) is 4.34. The molecule has 76 valence electrons. The topological polar surface area (TPSA) is 15.3 Å². The molecule has 0 aromatic rings. The van der Waals surface area contributed by atoms with Crippen molar-refractivity contribution in [3.05, 3.63) is 0 Å². The summed E-state index contributed by atoms with van der Waals surface area (Å²) in [6, 6.07) is 0.547. The Balaban J connectivity index is 3.67. The molecule has 0 fully saturated rings. The van der Waals surface area contributed by atoms with Gasteiger partial charge in [-0.2, -0.15) is 0 Å². The Bertz CT molecular complexity index is 147. The minimum Gasteiger partial charge on any atom is -0.313 e. The molecule has 0 aliphatic rings. The predicted octanol–water partition coefficient (Wildman–Crippen LogP) is 1.33. The van der Waals surface area contributed by atoms with E-state index in [-0.39, 0.29) is 0 Å². The Kier molecular flexibility index (Phi) is 7.77. The number of likely N-dealkylation sites (N-methyl/N-ethyl adjacent to an activating group) is 1. The highest BCUT2D eigenvalue weighted by Gasteiger charge is 2.07. The van der Waals surface area contributed by atoms with Gasteiger partial charge in [-0.15, -0.1) is 12.3 Å². The summed E-state index contributed by atoms with van der Waals surface area (Å²) in [5.74, 6) is 2.69. The van der Waals surface area contributed by atoms with Crippen molar-refractivity contribution < 1.29 is 0 Å². The maximum Gasteiger partial charge on any atom is 0.0203 e. The molecule has 0 aromatic heterocycles. The number of nitrogens with zero attached hydrogens (tertiary/aromatic N) is 1. The van der Waals surface area contributed by atoms with Crippen LogP contribution in [-0.2, 0) is 0 Å². The van der Waals surface area contributed by atoms with E-state index in [0.29, 0.717) is 6.04 Å². The van der Waals surface area contributed by atoms with Gasteiger partial charge in [-0.3, -0.25) is 0 Å². The van der Waals surface area contributed by atoms with Crippen molar-refractivity contribution in [2.75, 3.05) is 27.2 Å². The van der Waals surface area contributed by atoms with Crippen molar-refractivity contribution >= 4 is 0 Å². The van der Waals surface area contributed by atoms with Crippen molar-refractivity contribution in [1.29, 1.82) is 0 Å². The molecule has 0 amide bonds. The van der Waals surface area contributed by atoms with Gasteiger partial charge in [0.1, 0.15) is 0 Å². The highest BCUT2D eigenvalue weighted by atomic mass is 15.1. The van der Waals surface area contributed by atoms with E-state index in [0.717, 1.165) is 25.9 Å². The first kappa shape index (κ1) is 12.5. The summed E-state index contributed by atoms with van der Waals surface area (Å²) in [4.78, 5) is 2.20. The van der Waals surface area contributed by atoms with Crippen molar-refractivity contribution in [1.82, 2.24) is 10.2 Å². The first-order valence-electron chi connectivity index (χ1n) is 5.02. The van der Waals surface area contributed by atoms with Crippen LogP contribution in [0.3, 0.4) is 0 Å². The van der Waals surface area contributed by atoms with Crippen LogP contribution in [0, 0.1) is 12.3 Å². The zero-order chi connectivity index (χ0) is 10.1. The van der Waals surface area contributed by atoms with Crippen LogP contribution in [0.25, 0.3) is 0 Å². The van der Waals surface area contributed by atoms with E-state index in [1.807, 2.05) is 0 Å². The van der Waals surface area contributed by atoms with Gasteiger partial charge in [-0.1, -0.05) is 6.92 Å². The number of hydrogen-bond donors (Lipinski definition) is 1. The SMILES string of the molecule is C#CCCC(CN(C)C)NCCC. The molecule has 0 saturated heterocycles. The van der Waals surface area contributed by atoms with Gasteiger partial charge in [0, 0.05) is 19.0 Å². The Hall–Kier alpha value is -0.520. The molecule has 0 bridgehead atoms. The third kappa shape index (κ3) is 7.83. The van der Waals surface area contributed by atoms with Crippen LogP contribution in [0.1, 0.15) is 26.2 Å². The molecule has 13 heavy (non-hydrogen) atoms. The highest BCUT2D eigenvalue weighted by Crippen LogP contribution is 1.97. The standard InChI is InChI=1S/C11H22N2/c1-5-7-8-11(10-13(3)4)12-9-6-2/h1,11-12H,6-10H2,2-4H3. The molecule has 1 unspecified atom stereocenters. The van der Waals surface area contributed by atoms with Crippen LogP contribution in [0.15, 0.2) is 0 Å². The quantitative estimate of drug-likeness (QED) is 0.598. The van der Waals surface area contributed by atoms with E-state index >= 15 is 0 Å². The third-order valence-electron chi connectivity index (χ3n) is 1.91. The summed E-state index contributed by atoms with van der Waals surface area (Å²) in [7, 11) is 4.19. The van der Waals surface area contributed by atoms with E-state index in [9.17, 15) is 0 Å². The molecule has 1 atom stereocenters. The summed E-state index contributed by atoms with van der Waals surface area (Å²) in [6.07, 6.45) is 8.37. The van der Waals surface area contributed by atoms with Crippen molar-refractivity contribution in [3.8, 4) is 12.3 Å². The largest absolute Gasteiger partial charge is 0.313 e. The molecule has 0 aliphatic heterocycles. The minimum absolute atomic E-state index is 0.547. The van der Waals surface area contributed by atoms with Crippen LogP contribution in [0.5, 0.6) is 0 Å². The lowest BCUT2D eigenvalue weighted by atomic mass is 10.1. The van der Waals surface area contributed by atoms with E-state index in [1.54, 1.807) is 0 Å². The Morgan fingerprint density at radius 1 is 1.46 bits per heavy atom. The zero-order valence-electron chi connectivity index (χ0n) is 9.14. The van der Waals surface area contributed by atoms with Gasteiger partial charge >= 0.3 is 0 Å². The van der Waals surface area contributed by atoms with Crippen LogP contribution in [0.4, 0.5) is 0 Å². The number of terminal acetylenes is 1. The lowest BCUT2D eigenvalue weighted by Gasteiger charge is -2.21. The van der Waals surface area contributed by atoms with Gasteiger partial charge < -0.3 is 10.2 Å². The van der Waals surface area contributed by atoms with Crippen molar-refractivity contribution in [2.24, 2.45) is 0 Å². The minimum atomic E-state index is 0.547. The smallest absolute Gasteiger partial charge is 0.0203 e. The molecule has 0 spiro atoms. The van der Waals surface area contributed by atoms with E-state index in [4.69, 9.17) is 6.42 Å². The molecule has 0 radical (unpaired) electrons. The Labute approximate surface area is 82.7 Å². The second-order valence-corrected chi connectivity index (χ2v) is 3.66. The maximum atomic E-state index is 5.24. The van der Waals surface area contributed by atoms with Gasteiger partial charge in [0.05, 0.1) is 0 Å². The second kappa shape index (κ2) is 8.10. The van der Waals surface area contributed by atoms with E-state index in [2.05, 4.69) is 37.2 Å². The molecule has 1 N–H and O–H groups in total. The average molecular weight is 182 g/mol. The Morgan fingerprint density at radius 3 is 2.62 bits per heavy atom. The van der Waals surface area contributed by atoms with Gasteiger partial charge in [-0.05, 0) is 33.5 Å². The first-order chi connectivity index (χ1) is 6.20. The fourth-order valence-corrected chi connectivity index (χ4v) is 1.30. The van der Waals surface area contributed by atoms with Gasteiger partial charge in [-0.25, -0.2) is 0 Å². The normalized spacial score (nSPS) is 12.8. The fourth-order valence-electron chi connectivity index (χ4n) is 1.30. The highest BCUT2D eigenvalue weighted by molar-refractivity contribution is 4.86. The first-order valence-corrected chi connectivity index (χ1v) is 5.02. The van der Waals surface area contributed by atoms with Crippen LogP contribution < -0.4 is 5.32 Å². The zero-order valence-corrected chi connectivity index (χ0v) is 9.14. The second-order valence-electron chi connectivity index (χ2n) is 3.66. The Morgan fingerprint density at radius 2 is 2.15 bits per heavy atom. The fraction of sp³-hybridized carbons (Fsp3) is 0.818. The molecule has 0 aromatic carbocycles. The summed E-state index contributed by atoms with van der Waals surface area (Å²) in [5.41, 5.74) is 0. The van der Waals surface area contributed by atoms with Gasteiger partial charge in [0.15, 0.2) is 0 Å². The maximum absolute atomic E-state index is 5.24. The molecule has 0 saturated carbocycles. The molecule has 2 heteroatoms. The molecule has 0 rings (SSSR count). The van der Waals surface area contributed by atoms with Crippen molar-refractivity contribution in [3.63, 3.8) is 0 Å². The molecule has 2 nitrogen and oxygen atoms in total. The number of rotatable bonds is 7. The molecular formula is C11H22N2. The monoisotopic (exact) mass is 182 g/mol. The summed E-state index contributed by atoms with van der Waals surface area (Å²) < 4.78 is 0. The summed E-state index contributed by atoms with van der Waals surface area (Å²) in [5, 5.41) is 3.50. The van der Waals surface area contributed by atoms with Gasteiger partial charge in [0.25, 0.3) is 0 Å². The molecule has 0 aliphatic carbocycles. The molecular weight excluding hydrogens is 160 g/mol. The van der Waals surface area contributed by atoms with Gasteiger partial charge in [0.2, 0.25) is 0 Å². The predicted molar refractivity (Wildman–Crippen MR) is 58.7 cm³/mol. The lowest BCUT2D eigenvalue weighted by molar-refractivity contribution is 0.328. The average Bonchev–Trinajstić information content (AvgIpc) is 2.09. The van der Waals surface area contributed by atoms with Crippen molar-refractivity contribution in [2.45, 2.75) is 32.2 Å². The third-order valence-corrected chi connectivity index (χ3v) is 1.91. The number of hydrogen-bond acceptors (Lipinski definition) is 2. The van der Waals surface area contributed by atoms with Crippen LogP contribution in [0.2, 0.25) is 0 Å². The lowest BCUT2D eigenvalue weighted by Crippen LogP contribution is -2.38. The van der Waals surface area contributed by atoms with E-state index < -0.39 is 0 Å². The van der Waals surface area contributed by atoms with Crippen LogP contribution >= 0.6 is 0 Å².